The topological polar surface area (TPSA) is 38.3 Å². The fourth-order valence-corrected chi connectivity index (χ4v) is 3.14. The molecule has 0 aromatic carbocycles. The Hall–Kier alpha value is -1.84. The SMILES string of the molecule is CC/C(N)=C\C(C)/C=C(/C1=C(C)C/[N+](OC)=C\C/C=C\1C)[C@H](C)CF. The molecule has 0 saturated heterocycles. The van der Waals surface area contributed by atoms with Crippen LogP contribution in [0.4, 0.5) is 4.39 Å². The van der Waals surface area contributed by atoms with Gasteiger partial charge in [0.05, 0.1) is 6.67 Å². The second kappa shape index (κ2) is 10.2. The van der Waals surface area contributed by atoms with Gasteiger partial charge in [-0.3, -0.25) is 9.23 Å². The number of hydrogen-bond acceptors (Lipinski definition) is 2. The van der Waals surface area contributed by atoms with Crippen molar-refractivity contribution in [1.82, 2.24) is 0 Å². The molecule has 2 atom stereocenters. The number of alkyl halides is 1. The van der Waals surface area contributed by atoms with Crippen LogP contribution < -0.4 is 5.73 Å². The van der Waals surface area contributed by atoms with Crippen LogP contribution in [-0.4, -0.2) is 31.3 Å². The van der Waals surface area contributed by atoms with Gasteiger partial charge < -0.3 is 5.73 Å². The molecule has 1 rings (SSSR count). The molecule has 0 fully saturated rings. The standard InChI is InChI=1S/C21H34FN2O/c1-7-19(23)11-15(2)12-20(17(4)13-22)21-16(3)9-8-10-24(25-6)14-18(21)5/h9-12,15,17H,7-8,13-14,23H2,1-6H3/q+1/b16-9-,19-11+,20-12+,21-18?,24-10+/t15?,17-/m1/s1. The first kappa shape index (κ1) is 21.2. The van der Waals surface area contributed by atoms with Gasteiger partial charge in [-0.2, -0.15) is 0 Å². The quantitative estimate of drug-likeness (QED) is 0.676. The van der Waals surface area contributed by atoms with E-state index in [1.807, 2.05) is 24.8 Å². The van der Waals surface area contributed by atoms with Gasteiger partial charge in [-0.1, -0.05) is 39.0 Å². The van der Waals surface area contributed by atoms with Crippen LogP contribution in [0.5, 0.6) is 0 Å². The van der Waals surface area contributed by atoms with E-state index >= 15 is 0 Å². The van der Waals surface area contributed by atoms with Crippen LogP contribution >= 0.6 is 0 Å². The van der Waals surface area contributed by atoms with Crippen molar-refractivity contribution in [2.45, 2.75) is 47.5 Å². The molecule has 0 aliphatic carbocycles. The minimum Gasteiger partial charge on any atom is -0.402 e. The first-order valence-corrected chi connectivity index (χ1v) is 9.09. The van der Waals surface area contributed by atoms with E-state index in [9.17, 15) is 4.39 Å². The third-order valence-corrected chi connectivity index (χ3v) is 4.56. The summed E-state index contributed by atoms with van der Waals surface area (Å²) in [4.78, 5) is 5.39. The Balaban J connectivity index is 3.42. The lowest BCUT2D eigenvalue weighted by Gasteiger charge is -2.22. The molecule has 1 heterocycles. The van der Waals surface area contributed by atoms with E-state index < -0.39 is 0 Å². The molecule has 25 heavy (non-hydrogen) atoms. The van der Waals surface area contributed by atoms with Crippen LogP contribution in [0.2, 0.25) is 0 Å². The highest BCUT2D eigenvalue weighted by Gasteiger charge is 2.21. The van der Waals surface area contributed by atoms with E-state index in [0.717, 1.165) is 29.7 Å². The van der Waals surface area contributed by atoms with Gasteiger partial charge in [0.2, 0.25) is 6.54 Å². The predicted molar refractivity (Wildman–Crippen MR) is 104 cm³/mol. The maximum atomic E-state index is 13.6. The highest BCUT2D eigenvalue weighted by atomic mass is 19.1. The van der Waals surface area contributed by atoms with Crippen molar-refractivity contribution in [3.63, 3.8) is 0 Å². The number of allylic oxidation sites excluding steroid dienone is 7. The highest BCUT2D eigenvalue weighted by Crippen LogP contribution is 2.31. The molecule has 3 nitrogen and oxygen atoms in total. The summed E-state index contributed by atoms with van der Waals surface area (Å²) in [6, 6.07) is 0. The summed E-state index contributed by atoms with van der Waals surface area (Å²) in [7, 11) is 1.67. The minimum atomic E-state index is -0.379. The second-order valence-electron chi connectivity index (χ2n) is 6.85. The zero-order valence-corrected chi connectivity index (χ0v) is 16.6. The Labute approximate surface area is 152 Å². The third-order valence-electron chi connectivity index (χ3n) is 4.56. The average molecular weight is 350 g/mol. The molecule has 0 aromatic heterocycles. The fraction of sp³-hybridized carbons (Fsp3) is 0.571. The molecular formula is C21H34FN2O+. The fourth-order valence-electron chi connectivity index (χ4n) is 3.14. The van der Waals surface area contributed by atoms with E-state index in [2.05, 4.69) is 39.0 Å². The molecule has 0 amide bonds. The Morgan fingerprint density at radius 2 is 2.04 bits per heavy atom. The van der Waals surface area contributed by atoms with Crippen molar-refractivity contribution in [3.05, 3.63) is 46.2 Å². The maximum Gasteiger partial charge on any atom is 0.214 e. The van der Waals surface area contributed by atoms with Gasteiger partial charge in [0.25, 0.3) is 0 Å². The number of halogens is 1. The summed E-state index contributed by atoms with van der Waals surface area (Å²) < 4.78 is 15.4. The Morgan fingerprint density at radius 3 is 2.60 bits per heavy atom. The third kappa shape index (κ3) is 6.18. The first-order valence-electron chi connectivity index (χ1n) is 9.09. The van der Waals surface area contributed by atoms with E-state index in [-0.39, 0.29) is 18.5 Å². The molecule has 1 unspecified atom stereocenters. The average Bonchev–Trinajstić information content (AvgIpc) is 2.57. The van der Waals surface area contributed by atoms with Gasteiger partial charge in [-0.05, 0) is 47.6 Å². The lowest BCUT2D eigenvalue weighted by atomic mass is 9.84. The van der Waals surface area contributed by atoms with Crippen molar-refractivity contribution in [2.24, 2.45) is 17.6 Å². The summed E-state index contributed by atoms with van der Waals surface area (Å²) in [5, 5.41) is 0. The molecule has 0 radical (unpaired) electrons. The van der Waals surface area contributed by atoms with Crippen molar-refractivity contribution >= 4 is 6.21 Å². The normalized spacial score (nSPS) is 23.8. The van der Waals surface area contributed by atoms with Gasteiger partial charge in [-0.25, -0.2) is 0 Å². The summed E-state index contributed by atoms with van der Waals surface area (Å²) in [6.45, 7) is 10.6. The zero-order valence-electron chi connectivity index (χ0n) is 16.6. The van der Waals surface area contributed by atoms with Crippen LogP contribution in [0.3, 0.4) is 0 Å². The van der Waals surface area contributed by atoms with Crippen LogP contribution in [0, 0.1) is 11.8 Å². The van der Waals surface area contributed by atoms with Gasteiger partial charge in [0.15, 0.2) is 6.21 Å². The van der Waals surface area contributed by atoms with Crippen molar-refractivity contribution in [2.75, 3.05) is 20.3 Å². The van der Waals surface area contributed by atoms with Crippen LogP contribution in [0.15, 0.2) is 46.2 Å². The molecule has 0 bridgehead atoms. The lowest BCUT2D eigenvalue weighted by molar-refractivity contribution is -0.772. The molecule has 0 saturated carbocycles. The highest BCUT2D eigenvalue weighted by molar-refractivity contribution is 5.58. The minimum absolute atomic E-state index is 0.160. The largest absolute Gasteiger partial charge is 0.402 e. The monoisotopic (exact) mass is 349 g/mol. The van der Waals surface area contributed by atoms with Crippen molar-refractivity contribution in [3.8, 4) is 0 Å². The zero-order chi connectivity index (χ0) is 19.0. The lowest BCUT2D eigenvalue weighted by Crippen LogP contribution is -2.19. The number of hydroxylamine groups is 1. The van der Waals surface area contributed by atoms with E-state index in [4.69, 9.17) is 10.6 Å². The first-order chi connectivity index (χ1) is 11.8. The van der Waals surface area contributed by atoms with E-state index in [1.165, 1.54) is 11.1 Å². The van der Waals surface area contributed by atoms with Crippen molar-refractivity contribution in [1.29, 1.82) is 0 Å². The molecule has 0 aromatic rings. The van der Waals surface area contributed by atoms with Crippen LogP contribution in [-0.2, 0) is 4.84 Å². The van der Waals surface area contributed by atoms with Crippen molar-refractivity contribution < 1.29 is 14.0 Å². The van der Waals surface area contributed by atoms with Crippen LogP contribution in [0.1, 0.15) is 47.5 Å². The summed E-state index contributed by atoms with van der Waals surface area (Å²) >= 11 is 0. The van der Waals surface area contributed by atoms with E-state index in [1.54, 1.807) is 7.11 Å². The molecule has 2 N–H and O–H groups in total. The Bertz CT molecular complexity index is 611. The number of nitrogens with zero attached hydrogens (tertiary/aromatic N) is 1. The number of nitrogens with two attached hydrogens (primary N) is 1. The summed E-state index contributed by atoms with van der Waals surface area (Å²) in [5.41, 5.74) is 11.4. The summed E-state index contributed by atoms with van der Waals surface area (Å²) in [6.07, 6.45) is 10.0. The molecular weight excluding hydrogens is 315 g/mol. The summed E-state index contributed by atoms with van der Waals surface area (Å²) in [5.74, 6) is -0.000941. The predicted octanol–water partition coefficient (Wildman–Crippen LogP) is 4.72. The Morgan fingerprint density at radius 1 is 1.36 bits per heavy atom. The van der Waals surface area contributed by atoms with Gasteiger partial charge in [0, 0.05) is 23.6 Å². The van der Waals surface area contributed by atoms with Gasteiger partial charge >= 0.3 is 0 Å². The Kier molecular flexibility index (Phi) is 8.67. The molecule has 1 aliphatic heterocycles. The van der Waals surface area contributed by atoms with Crippen LogP contribution in [0.25, 0.3) is 0 Å². The van der Waals surface area contributed by atoms with Gasteiger partial charge in [0.1, 0.15) is 7.11 Å². The number of hydrogen-bond donors (Lipinski definition) is 1. The molecule has 4 heteroatoms. The molecule has 0 spiro atoms. The van der Waals surface area contributed by atoms with E-state index in [0.29, 0.717) is 6.54 Å². The maximum absolute atomic E-state index is 13.6. The van der Waals surface area contributed by atoms with Gasteiger partial charge in [-0.15, -0.1) is 0 Å². The molecule has 140 valence electrons. The number of rotatable bonds is 7. The smallest absolute Gasteiger partial charge is 0.214 e. The second-order valence-corrected chi connectivity index (χ2v) is 6.85. The molecule has 1 aliphatic rings.